The normalized spacial score (nSPS) is 15.0. The molecule has 2 amide bonds. The van der Waals surface area contributed by atoms with Crippen molar-refractivity contribution in [3.05, 3.63) is 35.9 Å². The van der Waals surface area contributed by atoms with Gasteiger partial charge in [0.25, 0.3) is 0 Å². The highest BCUT2D eigenvalue weighted by Crippen LogP contribution is 2.07. The van der Waals surface area contributed by atoms with E-state index in [0.717, 1.165) is 18.4 Å². The molecule has 1 aromatic carbocycles. The number of ether oxygens (including phenoxy) is 1. The summed E-state index contributed by atoms with van der Waals surface area (Å²) in [5.41, 5.74) is 0.882. The van der Waals surface area contributed by atoms with Gasteiger partial charge in [-0.1, -0.05) is 43.7 Å². The second-order valence-electron chi connectivity index (χ2n) is 5.56. The first-order valence-corrected chi connectivity index (χ1v) is 7.85. The van der Waals surface area contributed by atoms with Crippen LogP contribution in [0, 0.1) is 0 Å². The molecule has 1 saturated heterocycles. The smallest absolute Gasteiger partial charge is 0.325 e. The third-order valence-electron chi connectivity index (χ3n) is 3.70. The van der Waals surface area contributed by atoms with E-state index in [1.807, 2.05) is 37.3 Å². The maximum absolute atomic E-state index is 12.0. The van der Waals surface area contributed by atoms with Crippen LogP contribution in [0.25, 0.3) is 0 Å². The molecule has 23 heavy (non-hydrogen) atoms. The van der Waals surface area contributed by atoms with Crippen molar-refractivity contribution in [2.45, 2.75) is 26.4 Å². The number of amides is 2. The van der Waals surface area contributed by atoms with E-state index in [9.17, 15) is 14.4 Å². The van der Waals surface area contributed by atoms with Gasteiger partial charge in [0.05, 0.1) is 6.54 Å². The molecule has 1 heterocycles. The number of rotatable bonds is 7. The van der Waals surface area contributed by atoms with Crippen LogP contribution in [0.3, 0.4) is 0 Å². The molecule has 0 aliphatic carbocycles. The summed E-state index contributed by atoms with van der Waals surface area (Å²) in [6.45, 7) is 2.60. The highest BCUT2D eigenvalue weighted by Gasteiger charge is 2.30. The third kappa shape index (κ3) is 5.09. The number of nitrogens with zero attached hydrogens (tertiary/aromatic N) is 2. The second kappa shape index (κ2) is 8.31. The van der Waals surface area contributed by atoms with Crippen LogP contribution in [-0.2, 0) is 25.7 Å². The molecule has 0 N–H and O–H groups in total. The number of unbranched alkanes of at least 4 members (excludes halogenated alkanes) is 1. The molecule has 0 aromatic heterocycles. The molecule has 0 atom stereocenters. The van der Waals surface area contributed by atoms with Crippen molar-refractivity contribution >= 4 is 17.8 Å². The number of carbonyl (C=O) groups is 3. The van der Waals surface area contributed by atoms with Gasteiger partial charge in [-0.05, 0) is 12.0 Å². The number of piperazine rings is 1. The number of benzene rings is 1. The molecule has 6 nitrogen and oxygen atoms in total. The zero-order valence-corrected chi connectivity index (χ0v) is 13.4. The maximum Gasteiger partial charge on any atom is 0.325 e. The fourth-order valence-corrected chi connectivity index (χ4v) is 2.34. The van der Waals surface area contributed by atoms with Gasteiger partial charge in [-0.2, -0.15) is 0 Å². The van der Waals surface area contributed by atoms with Crippen LogP contribution < -0.4 is 0 Å². The lowest BCUT2D eigenvalue weighted by atomic mass is 10.2. The molecule has 0 spiro atoms. The van der Waals surface area contributed by atoms with E-state index in [2.05, 4.69) is 0 Å². The van der Waals surface area contributed by atoms with E-state index in [1.54, 1.807) is 4.90 Å². The van der Waals surface area contributed by atoms with Crippen LogP contribution in [0.2, 0.25) is 0 Å². The van der Waals surface area contributed by atoms with Crippen molar-refractivity contribution in [2.75, 3.05) is 26.2 Å². The Morgan fingerprint density at radius 1 is 1.09 bits per heavy atom. The molecule has 1 aliphatic heterocycles. The summed E-state index contributed by atoms with van der Waals surface area (Å²) in [7, 11) is 0. The molecular formula is C17H22N2O4. The van der Waals surface area contributed by atoms with E-state index in [0.29, 0.717) is 6.54 Å². The highest BCUT2D eigenvalue weighted by molar-refractivity contribution is 5.94. The summed E-state index contributed by atoms with van der Waals surface area (Å²) in [5, 5.41) is 0. The largest absolute Gasteiger partial charge is 0.459 e. The predicted octanol–water partition coefficient (Wildman–Crippen LogP) is 1.20. The molecule has 1 fully saturated rings. The summed E-state index contributed by atoms with van der Waals surface area (Å²) in [6.07, 6.45) is 1.84. The van der Waals surface area contributed by atoms with Crippen molar-refractivity contribution in [1.82, 2.24) is 9.80 Å². The maximum atomic E-state index is 12.0. The van der Waals surface area contributed by atoms with E-state index < -0.39 is 5.97 Å². The minimum Gasteiger partial charge on any atom is -0.459 e. The number of carbonyl (C=O) groups excluding carboxylic acids is 3. The molecular weight excluding hydrogens is 296 g/mol. The van der Waals surface area contributed by atoms with Crippen molar-refractivity contribution in [2.24, 2.45) is 0 Å². The Kier molecular flexibility index (Phi) is 6.14. The second-order valence-corrected chi connectivity index (χ2v) is 5.56. The summed E-state index contributed by atoms with van der Waals surface area (Å²) in [6, 6.07) is 9.32. The van der Waals surface area contributed by atoms with Crippen LogP contribution in [0.4, 0.5) is 0 Å². The third-order valence-corrected chi connectivity index (χ3v) is 3.70. The van der Waals surface area contributed by atoms with E-state index >= 15 is 0 Å². The topological polar surface area (TPSA) is 66.9 Å². The minimum atomic E-state index is -0.503. The predicted molar refractivity (Wildman–Crippen MR) is 84.3 cm³/mol. The lowest BCUT2D eigenvalue weighted by molar-refractivity contribution is -0.157. The van der Waals surface area contributed by atoms with Gasteiger partial charge >= 0.3 is 5.97 Å². The highest BCUT2D eigenvalue weighted by atomic mass is 16.5. The van der Waals surface area contributed by atoms with Gasteiger partial charge in [-0.15, -0.1) is 0 Å². The number of hydrogen-bond donors (Lipinski definition) is 0. The number of esters is 1. The van der Waals surface area contributed by atoms with Gasteiger partial charge in [0, 0.05) is 6.54 Å². The Hall–Kier alpha value is -2.37. The Morgan fingerprint density at radius 3 is 2.43 bits per heavy atom. The molecule has 0 saturated carbocycles. The van der Waals surface area contributed by atoms with Crippen molar-refractivity contribution < 1.29 is 19.1 Å². The van der Waals surface area contributed by atoms with Gasteiger partial charge < -0.3 is 14.5 Å². The number of hydrogen-bond acceptors (Lipinski definition) is 4. The SMILES string of the molecule is CCCCN1CC(=O)N(CC(=O)OCc2ccccc2)CC1=O. The molecule has 1 aromatic rings. The van der Waals surface area contributed by atoms with Gasteiger partial charge in [0.1, 0.15) is 19.7 Å². The summed E-state index contributed by atoms with van der Waals surface area (Å²) >= 11 is 0. The molecule has 6 heteroatoms. The monoisotopic (exact) mass is 318 g/mol. The Labute approximate surface area is 136 Å². The van der Waals surface area contributed by atoms with E-state index in [4.69, 9.17) is 4.74 Å². The summed E-state index contributed by atoms with van der Waals surface area (Å²) in [5.74, 6) is -0.830. The van der Waals surface area contributed by atoms with Crippen LogP contribution in [0.15, 0.2) is 30.3 Å². The summed E-state index contributed by atoms with van der Waals surface area (Å²) in [4.78, 5) is 38.7. The molecule has 124 valence electrons. The Morgan fingerprint density at radius 2 is 1.74 bits per heavy atom. The molecule has 0 bridgehead atoms. The summed E-state index contributed by atoms with van der Waals surface area (Å²) < 4.78 is 5.15. The van der Waals surface area contributed by atoms with Crippen molar-refractivity contribution in [3.63, 3.8) is 0 Å². The standard InChI is InChI=1S/C17H22N2O4/c1-2-3-9-18-10-16(21)19(11-15(18)20)12-17(22)23-13-14-7-5-4-6-8-14/h4-8H,2-3,9-13H2,1H3. The Bertz CT molecular complexity index is 559. The molecule has 2 rings (SSSR count). The quantitative estimate of drug-likeness (QED) is 0.709. The lowest BCUT2D eigenvalue weighted by Crippen LogP contribution is -2.55. The van der Waals surface area contributed by atoms with Crippen LogP contribution >= 0.6 is 0 Å². The van der Waals surface area contributed by atoms with Gasteiger partial charge in [0.15, 0.2) is 0 Å². The lowest BCUT2D eigenvalue weighted by Gasteiger charge is -2.33. The first kappa shape index (κ1) is 17.0. The van der Waals surface area contributed by atoms with Gasteiger partial charge in [-0.25, -0.2) is 0 Å². The van der Waals surface area contributed by atoms with E-state index in [1.165, 1.54) is 4.90 Å². The van der Waals surface area contributed by atoms with E-state index in [-0.39, 0.29) is 38.1 Å². The van der Waals surface area contributed by atoms with Gasteiger partial charge in [-0.3, -0.25) is 14.4 Å². The van der Waals surface area contributed by atoms with Crippen molar-refractivity contribution in [3.8, 4) is 0 Å². The molecule has 0 unspecified atom stereocenters. The minimum absolute atomic E-state index is 0.0464. The zero-order chi connectivity index (χ0) is 16.7. The average Bonchev–Trinajstić information content (AvgIpc) is 2.55. The van der Waals surface area contributed by atoms with Crippen LogP contribution in [-0.4, -0.2) is 53.8 Å². The van der Waals surface area contributed by atoms with Crippen LogP contribution in [0.5, 0.6) is 0 Å². The molecule has 1 aliphatic rings. The van der Waals surface area contributed by atoms with Crippen LogP contribution in [0.1, 0.15) is 25.3 Å². The fourth-order valence-electron chi connectivity index (χ4n) is 2.34. The first-order chi connectivity index (χ1) is 11.1. The zero-order valence-electron chi connectivity index (χ0n) is 13.4. The Balaban J connectivity index is 1.80. The van der Waals surface area contributed by atoms with Gasteiger partial charge in [0.2, 0.25) is 11.8 Å². The first-order valence-electron chi connectivity index (χ1n) is 7.85. The fraction of sp³-hybridized carbons (Fsp3) is 0.471. The average molecular weight is 318 g/mol. The molecule has 0 radical (unpaired) electrons. The van der Waals surface area contributed by atoms with Crippen molar-refractivity contribution in [1.29, 1.82) is 0 Å².